The standard InChI is InChI=1S/C27H36N2.C26H33N2.C23H23N2.C23H22N2.C4H8O.CH4.BF4.BF3.2Cu.FH.H2O/c1-18(2)22-11-9-12-23(19(3)4)26(22)28-15-16-29(17-28)27-24(20(5)6)13-10-14-25(27)21(7)8;1-8-21-11-9-12-22(18(2)3)25(21)27-15-16-28(17-27)26-23(19(4)5)13-10-14-24(26)20(6)7;2*1-16-9-17(2)12-20(11-16)24-15-25(23-8-6-5-7-22(23)24)21-13-18(3)10-19(4)14-21;1-2-4-5-3-1;;2-1(3,4)5;2-1(3)4;;;;/h9-16,18-21H,1-8H3;8-16,18-20H,1-7H3;5-15H,1-4H3;5-14H,1-4H3;1-4H2;1H4;;;;;1H;1H2/q;-1;+1;;;;-1;;+1;+2;;/p-1. The first-order valence-corrected chi connectivity index (χ1v) is 42.4. The van der Waals surface area contributed by atoms with Crippen molar-refractivity contribution in [3.63, 3.8) is 0 Å². The van der Waals surface area contributed by atoms with Gasteiger partial charge in [-0.25, -0.2) is 0 Å². The van der Waals surface area contributed by atoms with Gasteiger partial charge in [0.2, 0.25) is 0 Å². The molecule has 126 heavy (non-hydrogen) atoms. The normalized spacial score (nSPS) is 11.4. The van der Waals surface area contributed by atoms with Crippen LogP contribution >= 0.6 is 0 Å². The molecule has 22 heteroatoms. The van der Waals surface area contributed by atoms with E-state index in [2.05, 4.69) is 446 Å². The average Bonchev–Trinajstić information content (AvgIpc) is 1.62. The first-order chi connectivity index (χ1) is 57.3. The Hall–Kier alpha value is -10.0. The van der Waals surface area contributed by atoms with E-state index in [1.54, 1.807) is 0 Å². The Morgan fingerprint density at radius 3 is 1.10 bits per heavy atom. The van der Waals surface area contributed by atoms with Crippen molar-refractivity contribution >= 4 is 36.9 Å². The molecule has 0 saturated carbocycles. The molecule has 0 aliphatic carbocycles. The third-order valence-electron chi connectivity index (χ3n) is 21.1. The minimum absolute atomic E-state index is 0. The number of rotatable bonds is 16. The number of aryl methyl sites for hydroxylation is 8. The second-order valence-corrected chi connectivity index (χ2v) is 33.8. The van der Waals surface area contributed by atoms with E-state index >= 15 is 0 Å². The Kier molecular flexibility index (Phi) is 42.4. The molecule has 1 aliphatic heterocycles. The number of hydrogen-bond donors (Lipinski definition) is 0. The van der Waals surface area contributed by atoms with Crippen LogP contribution < -0.4 is 23.0 Å². The van der Waals surface area contributed by atoms with Gasteiger partial charge in [0, 0.05) is 38.0 Å². The molecule has 0 bridgehead atoms. The maximum Gasteiger partial charge on any atom is 2.00 e. The molecule has 10 nitrogen and oxygen atoms in total. The van der Waals surface area contributed by atoms with Crippen molar-refractivity contribution in [1.82, 2.24) is 18.3 Å². The largest absolute Gasteiger partial charge is 2.00 e. The zero-order valence-electron chi connectivity index (χ0n) is 76.6. The minimum atomic E-state index is -6.00. The van der Waals surface area contributed by atoms with E-state index in [1.807, 2.05) is 0 Å². The van der Waals surface area contributed by atoms with Crippen molar-refractivity contribution in [3.05, 3.63) is 340 Å². The fourth-order valence-electron chi connectivity index (χ4n) is 15.9. The number of imidazole rings is 4. The molecule has 0 unspecified atom stereocenters. The van der Waals surface area contributed by atoms with Crippen LogP contribution in [0.5, 0.6) is 0 Å². The van der Waals surface area contributed by atoms with Crippen molar-refractivity contribution in [2.24, 2.45) is 0 Å². The van der Waals surface area contributed by atoms with Crippen LogP contribution in [0.25, 0.3) is 67.6 Å². The van der Waals surface area contributed by atoms with Crippen molar-refractivity contribution in [2.45, 2.75) is 221 Å². The number of benzene rings is 10. The molecule has 1 radical (unpaired) electrons. The van der Waals surface area contributed by atoms with Gasteiger partial charge in [0.05, 0.1) is 45.2 Å². The predicted molar refractivity (Wildman–Crippen MR) is 496 cm³/mol. The van der Waals surface area contributed by atoms with E-state index in [-0.39, 0.29) is 51.7 Å². The van der Waals surface area contributed by atoms with Gasteiger partial charge in [-0.1, -0.05) is 255 Å². The summed E-state index contributed by atoms with van der Waals surface area (Å²) in [6.45, 7) is 53.0. The first-order valence-electron chi connectivity index (χ1n) is 42.4. The average molecular weight is 1820 g/mol. The zero-order valence-corrected chi connectivity index (χ0v) is 78.5. The van der Waals surface area contributed by atoms with Gasteiger partial charge in [0.25, 0.3) is 25.3 Å². The van der Waals surface area contributed by atoms with Crippen LogP contribution in [0.4, 0.5) is 30.2 Å². The molecule has 0 spiro atoms. The zero-order chi connectivity index (χ0) is 88.4. The summed E-state index contributed by atoms with van der Waals surface area (Å²) in [6, 6.07) is 70.3. The van der Waals surface area contributed by atoms with Crippen molar-refractivity contribution in [3.8, 4) is 45.5 Å². The Bertz CT molecular complexity index is 5180. The van der Waals surface area contributed by atoms with Gasteiger partial charge in [0.1, 0.15) is 11.4 Å². The first kappa shape index (κ1) is 108. The summed E-state index contributed by atoms with van der Waals surface area (Å²) >= 11 is 0. The number of nitrogens with zero attached hydrogens (tertiary/aromatic N) is 8. The molecule has 15 rings (SSSR count). The van der Waals surface area contributed by atoms with E-state index in [4.69, 9.17) is 4.74 Å². The molecule has 2 N–H and O–H groups in total. The summed E-state index contributed by atoms with van der Waals surface area (Å²) in [6.07, 6.45) is 26.4. The fourth-order valence-corrected chi connectivity index (χ4v) is 15.9. The van der Waals surface area contributed by atoms with Crippen LogP contribution in [-0.4, -0.2) is 51.8 Å². The predicted octanol–water partition coefficient (Wildman–Crippen LogP) is 23.4. The fraction of sp³-hybridized carbons (Fsp3) is 0.337. The summed E-state index contributed by atoms with van der Waals surface area (Å²) in [7, 11) is -9.67. The topological polar surface area (TPSA) is 76.0 Å². The molecule has 0 atom stereocenters. The van der Waals surface area contributed by atoms with Crippen LogP contribution in [0.15, 0.2) is 225 Å². The minimum Gasteiger partial charge on any atom is -1.00 e. The smallest absolute Gasteiger partial charge is 1.00 e. The van der Waals surface area contributed by atoms with E-state index < -0.39 is 14.8 Å². The number of ether oxygens (including phenoxy) is 1. The summed E-state index contributed by atoms with van der Waals surface area (Å²) in [5.74, 6) is 3.21. The number of para-hydroxylation sites is 8. The van der Waals surface area contributed by atoms with Gasteiger partial charge in [-0.3, -0.25) is 35.8 Å². The van der Waals surface area contributed by atoms with Gasteiger partial charge in [-0.05, 0) is 232 Å². The third kappa shape index (κ3) is 28.7. The molecule has 4 aromatic heterocycles. The molecular formula is C104H128B2Cu2F8N8O2+. The molecule has 10 aromatic carbocycles. The molecule has 1 saturated heterocycles. The van der Waals surface area contributed by atoms with E-state index in [0.717, 1.165) is 35.6 Å². The second-order valence-electron chi connectivity index (χ2n) is 33.8. The molecule has 14 aromatic rings. The van der Waals surface area contributed by atoms with Crippen molar-refractivity contribution < 1.29 is 97.5 Å². The third-order valence-corrected chi connectivity index (χ3v) is 21.1. The quantitative estimate of drug-likeness (QED) is 0.0411. The monoisotopic (exact) mass is 1820 g/mol. The summed E-state index contributed by atoms with van der Waals surface area (Å²) in [4.78, 5) is 0. The summed E-state index contributed by atoms with van der Waals surface area (Å²) < 4.78 is 90.6. The molecule has 679 valence electrons. The maximum absolute atomic E-state index is 9.75. The van der Waals surface area contributed by atoms with Gasteiger partial charge < -0.3 is 36.7 Å². The van der Waals surface area contributed by atoms with Gasteiger partial charge in [-0.2, -0.15) is 21.6 Å². The second kappa shape index (κ2) is 49.3. The Morgan fingerprint density at radius 2 is 0.730 bits per heavy atom. The molecule has 0 amide bonds. The van der Waals surface area contributed by atoms with Crippen LogP contribution in [0.3, 0.4) is 0 Å². The molecular weight excluding hydrogens is 1690 g/mol. The van der Waals surface area contributed by atoms with Gasteiger partial charge >= 0.3 is 48.9 Å². The molecule has 1 aliphatic rings. The number of aromatic nitrogens is 8. The SMILES string of the molecule is C.C1CCOC1.CC(C)c1cccc(C(C)C)c1-n1[c-][n+](-c2c(C(C)C)cccc2C(C)C)cc1.C[CH-]c1cccc(C(C)C)c1-n1[c-][n+](-c2c(C(C)C)cccc2C(C)C)cc1.Cc1cc(C)cc(-n2[c-][n+](-c3cc(C)cc(C)c3)c3ccccc32)c1.Cc1cc(C)cc(-n2c[n+](-c3cc(C)cc(C)c3)c3ccccc32)c1.FB(F)F.F[B-](F)(F)F.O.[Cu+2].[Cu+].[F-]. The molecule has 5 heterocycles. The summed E-state index contributed by atoms with van der Waals surface area (Å²) in [5, 5.41) is 0. The number of hydrogen-bond acceptors (Lipinski definition) is 1. The number of fused-ring (bicyclic) bond motifs is 2. The Balaban J connectivity index is 0.000000330. The van der Waals surface area contributed by atoms with Gasteiger partial charge in [-0.15, -0.1) is 11.6 Å². The van der Waals surface area contributed by atoms with Crippen molar-refractivity contribution in [2.75, 3.05) is 13.2 Å². The van der Waals surface area contributed by atoms with Gasteiger partial charge in [0.15, 0.2) is 11.0 Å². The Labute approximate surface area is 766 Å². The molecule has 1 fully saturated rings. The van der Waals surface area contributed by atoms with E-state index in [0.29, 0.717) is 41.4 Å². The van der Waals surface area contributed by atoms with Crippen LogP contribution in [-0.2, 0) is 38.9 Å². The maximum atomic E-state index is 9.75. The van der Waals surface area contributed by atoms with Crippen molar-refractivity contribution in [1.29, 1.82) is 0 Å². The van der Waals surface area contributed by atoms with Crippen LogP contribution in [0.1, 0.15) is 255 Å². The summed E-state index contributed by atoms with van der Waals surface area (Å²) in [5.41, 5.74) is 35.5. The van der Waals surface area contributed by atoms with Crippen LogP contribution in [0.2, 0.25) is 0 Å². The van der Waals surface area contributed by atoms with E-state index in [9.17, 15) is 30.2 Å². The number of halogens is 8. The van der Waals surface area contributed by atoms with Crippen LogP contribution in [0, 0.1) is 80.8 Å². The van der Waals surface area contributed by atoms with E-state index in [1.165, 1.54) is 147 Å². The Morgan fingerprint density at radius 1 is 0.413 bits per heavy atom.